The predicted octanol–water partition coefficient (Wildman–Crippen LogP) is 3.92. The summed E-state index contributed by atoms with van der Waals surface area (Å²) in [6.45, 7) is 3.13. The van der Waals surface area contributed by atoms with Crippen molar-refractivity contribution in [3.05, 3.63) is 83.2 Å². The average Bonchev–Trinajstić information content (AvgIpc) is 3.08. The highest BCUT2D eigenvalue weighted by Gasteiger charge is 2.22. The molecular weight excluding hydrogens is 339 g/mol. The average molecular weight is 364 g/mol. The van der Waals surface area contributed by atoms with Gasteiger partial charge in [-0.05, 0) is 67.7 Å². The lowest BCUT2D eigenvalue weighted by atomic mass is 9.92. The fourth-order valence-corrected chi connectivity index (χ4v) is 3.84. The first-order chi connectivity index (χ1) is 13.2. The predicted molar refractivity (Wildman–Crippen MR) is 104 cm³/mol. The molecule has 0 saturated carbocycles. The van der Waals surface area contributed by atoms with Gasteiger partial charge in [0, 0.05) is 37.6 Å². The maximum atomic E-state index is 13.3. The number of benzene rings is 1. The van der Waals surface area contributed by atoms with Gasteiger partial charge in [-0.15, -0.1) is 0 Å². The van der Waals surface area contributed by atoms with Crippen molar-refractivity contribution in [2.24, 2.45) is 7.05 Å². The quantitative estimate of drug-likeness (QED) is 0.688. The third kappa shape index (κ3) is 4.42. The van der Waals surface area contributed by atoms with Crippen molar-refractivity contribution < 1.29 is 4.39 Å². The van der Waals surface area contributed by atoms with Crippen LogP contribution in [0.3, 0.4) is 0 Å². The summed E-state index contributed by atoms with van der Waals surface area (Å²) in [5.74, 6) is 0.339. The maximum Gasteiger partial charge on any atom is 0.123 e. The van der Waals surface area contributed by atoms with Gasteiger partial charge in [0.25, 0.3) is 0 Å². The number of nitrogens with zero attached hydrogens (tertiary/aromatic N) is 4. The van der Waals surface area contributed by atoms with Gasteiger partial charge in [-0.25, -0.2) is 4.39 Å². The van der Waals surface area contributed by atoms with Crippen molar-refractivity contribution in [1.29, 1.82) is 0 Å². The summed E-state index contributed by atoms with van der Waals surface area (Å²) in [5, 5.41) is 4.25. The molecule has 1 fully saturated rings. The van der Waals surface area contributed by atoms with Crippen molar-refractivity contribution in [2.45, 2.75) is 31.7 Å². The van der Waals surface area contributed by atoms with Crippen LogP contribution in [0.1, 0.15) is 41.3 Å². The Morgan fingerprint density at radius 3 is 2.59 bits per heavy atom. The minimum atomic E-state index is -0.185. The van der Waals surface area contributed by atoms with Crippen molar-refractivity contribution in [1.82, 2.24) is 19.7 Å². The normalized spacial score (nSPS) is 15.9. The van der Waals surface area contributed by atoms with Gasteiger partial charge in [-0.1, -0.05) is 18.2 Å². The minimum Gasteiger partial charge on any atom is -0.297 e. The largest absolute Gasteiger partial charge is 0.297 e. The van der Waals surface area contributed by atoms with E-state index in [0.717, 1.165) is 43.6 Å². The van der Waals surface area contributed by atoms with E-state index in [9.17, 15) is 4.39 Å². The van der Waals surface area contributed by atoms with Gasteiger partial charge in [0.1, 0.15) is 5.82 Å². The number of hydrogen-bond acceptors (Lipinski definition) is 3. The molecule has 140 valence electrons. The molecule has 27 heavy (non-hydrogen) atoms. The zero-order chi connectivity index (χ0) is 18.6. The summed E-state index contributed by atoms with van der Waals surface area (Å²) in [7, 11) is 2.00. The molecule has 2 aromatic heterocycles. The fraction of sp³-hybridized carbons (Fsp3) is 0.364. The maximum absolute atomic E-state index is 13.3. The van der Waals surface area contributed by atoms with Gasteiger partial charge in [0.2, 0.25) is 0 Å². The first kappa shape index (κ1) is 17.9. The zero-order valence-corrected chi connectivity index (χ0v) is 15.7. The number of aryl methyl sites for hydroxylation is 1. The van der Waals surface area contributed by atoms with E-state index in [1.54, 1.807) is 12.1 Å². The topological polar surface area (TPSA) is 34.0 Å². The Labute approximate surface area is 159 Å². The Kier molecular flexibility index (Phi) is 5.30. The summed E-state index contributed by atoms with van der Waals surface area (Å²) in [6, 6.07) is 13.1. The van der Waals surface area contributed by atoms with Gasteiger partial charge >= 0.3 is 0 Å². The smallest absolute Gasteiger partial charge is 0.123 e. The molecule has 1 saturated heterocycles. The minimum absolute atomic E-state index is 0.185. The van der Waals surface area contributed by atoms with Gasteiger partial charge in [0.15, 0.2) is 0 Å². The summed E-state index contributed by atoms with van der Waals surface area (Å²) in [5.41, 5.74) is 4.54. The number of piperidine rings is 1. The van der Waals surface area contributed by atoms with Gasteiger partial charge in [-0.2, -0.15) is 5.10 Å². The number of hydrogen-bond donors (Lipinski definition) is 0. The van der Waals surface area contributed by atoms with Crippen LogP contribution in [0.25, 0.3) is 0 Å². The van der Waals surface area contributed by atoms with Crippen LogP contribution in [-0.4, -0.2) is 32.8 Å². The van der Waals surface area contributed by atoms with Crippen LogP contribution in [0.15, 0.2) is 54.9 Å². The Balaban J connectivity index is 1.33. The molecule has 1 aliphatic rings. The van der Waals surface area contributed by atoms with Crippen molar-refractivity contribution in [3.8, 4) is 0 Å². The monoisotopic (exact) mass is 364 g/mol. The molecule has 0 atom stereocenters. The molecule has 3 heterocycles. The Morgan fingerprint density at radius 2 is 1.93 bits per heavy atom. The SMILES string of the molecule is Cn1nccc1CN1CCC(c2ccc(Cc3cccc(F)c3)cn2)CC1. The van der Waals surface area contributed by atoms with Crippen LogP contribution in [0.2, 0.25) is 0 Å². The second-order valence-corrected chi connectivity index (χ2v) is 7.39. The molecule has 0 radical (unpaired) electrons. The standard InChI is InChI=1S/C22H25FN4/c1-26-21(7-10-25-26)16-27-11-8-19(9-12-27)22-6-5-18(15-24-22)13-17-3-2-4-20(23)14-17/h2-7,10,14-15,19H,8-9,11-13,16H2,1H3. The molecule has 0 aliphatic carbocycles. The molecule has 0 N–H and O–H groups in total. The third-order valence-electron chi connectivity index (χ3n) is 5.46. The molecule has 1 aromatic carbocycles. The van der Waals surface area contributed by atoms with E-state index < -0.39 is 0 Å². The molecule has 5 heteroatoms. The highest BCUT2D eigenvalue weighted by Crippen LogP contribution is 2.27. The lowest BCUT2D eigenvalue weighted by Crippen LogP contribution is -2.33. The lowest BCUT2D eigenvalue weighted by molar-refractivity contribution is 0.199. The van der Waals surface area contributed by atoms with E-state index in [1.807, 2.05) is 30.2 Å². The molecule has 0 unspecified atom stereocenters. The number of rotatable bonds is 5. The Bertz CT molecular complexity index is 879. The van der Waals surface area contributed by atoms with Gasteiger partial charge in [0.05, 0.1) is 5.69 Å². The fourth-order valence-electron chi connectivity index (χ4n) is 3.84. The van der Waals surface area contributed by atoms with E-state index in [1.165, 1.54) is 17.5 Å². The summed E-state index contributed by atoms with van der Waals surface area (Å²) < 4.78 is 15.3. The summed E-state index contributed by atoms with van der Waals surface area (Å²) in [6.07, 6.45) is 6.79. The van der Waals surface area contributed by atoms with E-state index in [4.69, 9.17) is 4.98 Å². The van der Waals surface area contributed by atoms with Gasteiger partial charge < -0.3 is 0 Å². The third-order valence-corrected chi connectivity index (χ3v) is 5.46. The van der Waals surface area contributed by atoms with Gasteiger partial charge in [-0.3, -0.25) is 14.6 Å². The van der Waals surface area contributed by atoms with Crippen LogP contribution in [0.5, 0.6) is 0 Å². The van der Waals surface area contributed by atoms with Crippen LogP contribution >= 0.6 is 0 Å². The molecule has 0 amide bonds. The van der Waals surface area contributed by atoms with E-state index in [-0.39, 0.29) is 5.82 Å². The van der Waals surface area contributed by atoms with Crippen molar-refractivity contribution in [3.63, 3.8) is 0 Å². The van der Waals surface area contributed by atoms with Crippen LogP contribution in [0, 0.1) is 5.82 Å². The molecule has 1 aliphatic heterocycles. The molecule has 4 rings (SSSR count). The number of likely N-dealkylation sites (tertiary alicyclic amines) is 1. The Morgan fingerprint density at radius 1 is 1.07 bits per heavy atom. The zero-order valence-electron chi connectivity index (χ0n) is 15.7. The second kappa shape index (κ2) is 8.01. The highest BCUT2D eigenvalue weighted by molar-refractivity contribution is 5.26. The van der Waals surface area contributed by atoms with Crippen molar-refractivity contribution >= 4 is 0 Å². The number of pyridine rings is 1. The Hall–Kier alpha value is -2.53. The molecular formula is C22H25FN4. The molecule has 0 spiro atoms. The molecule has 3 aromatic rings. The number of aromatic nitrogens is 3. The first-order valence-electron chi connectivity index (χ1n) is 9.56. The highest BCUT2D eigenvalue weighted by atomic mass is 19.1. The first-order valence-corrected chi connectivity index (χ1v) is 9.56. The summed E-state index contributed by atoms with van der Waals surface area (Å²) in [4.78, 5) is 7.20. The van der Waals surface area contributed by atoms with Crippen LogP contribution in [0.4, 0.5) is 4.39 Å². The summed E-state index contributed by atoms with van der Waals surface area (Å²) >= 11 is 0. The van der Waals surface area contributed by atoms with Crippen LogP contribution < -0.4 is 0 Å². The van der Waals surface area contributed by atoms with E-state index in [2.05, 4.69) is 28.2 Å². The molecule has 4 nitrogen and oxygen atoms in total. The second-order valence-electron chi connectivity index (χ2n) is 7.39. The molecule has 0 bridgehead atoms. The number of halogens is 1. The van der Waals surface area contributed by atoms with E-state index in [0.29, 0.717) is 12.3 Å². The van der Waals surface area contributed by atoms with E-state index >= 15 is 0 Å². The van der Waals surface area contributed by atoms with Crippen LogP contribution in [-0.2, 0) is 20.0 Å². The lowest BCUT2D eigenvalue weighted by Gasteiger charge is -2.31. The van der Waals surface area contributed by atoms with Crippen molar-refractivity contribution in [2.75, 3.05) is 13.1 Å².